The van der Waals surface area contributed by atoms with Gasteiger partial charge in [0, 0.05) is 18.9 Å². The minimum absolute atomic E-state index is 0.369. The molecule has 1 aromatic heterocycles. The maximum absolute atomic E-state index is 11.3. The monoisotopic (exact) mass is 253 g/mol. The van der Waals surface area contributed by atoms with Gasteiger partial charge < -0.3 is 20.8 Å². The normalized spacial score (nSPS) is 11.6. The van der Waals surface area contributed by atoms with Crippen LogP contribution in [0.25, 0.3) is 0 Å². The topological polar surface area (TPSA) is 112 Å². The minimum atomic E-state index is -1.29. The lowest BCUT2D eigenvalue weighted by atomic mass is 10.2. The van der Waals surface area contributed by atoms with E-state index in [1.165, 1.54) is 0 Å². The number of aliphatic carboxylic acids is 1. The summed E-state index contributed by atoms with van der Waals surface area (Å²) in [7, 11) is 0. The Bertz CT molecular complexity index is 397. The lowest BCUT2D eigenvalue weighted by Gasteiger charge is -2.12. The maximum atomic E-state index is 11.3. The van der Waals surface area contributed by atoms with Crippen LogP contribution in [-0.2, 0) is 11.2 Å². The first kappa shape index (κ1) is 13.9. The highest BCUT2D eigenvalue weighted by atomic mass is 16.4. The zero-order valence-corrected chi connectivity index (χ0v) is 9.67. The Morgan fingerprint density at radius 2 is 2.00 bits per heavy atom. The fourth-order valence-electron chi connectivity index (χ4n) is 1.26. The van der Waals surface area contributed by atoms with E-state index in [0.717, 1.165) is 5.56 Å². The van der Waals surface area contributed by atoms with E-state index in [9.17, 15) is 9.59 Å². The number of hydrogen-bond donors (Lipinski definition) is 4. The van der Waals surface area contributed by atoms with Gasteiger partial charge in [0.1, 0.15) is 0 Å². The molecule has 4 N–H and O–H groups in total. The molecule has 18 heavy (non-hydrogen) atoms. The van der Waals surface area contributed by atoms with Crippen molar-refractivity contribution in [3.8, 4) is 0 Å². The second kappa shape index (κ2) is 7.23. The van der Waals surface area contributed by atoms with Gasteiger partial charge in [-0.3, -0.25) is 4.98 Å². The minimum Gasteiger partial charge on any atom is -0.480 e. The molecule has 0 spiro atoms. The third-order valence-electron chi connectivity index (χ3n) is 2.23. The number of nitrogens with zero attached hydrogens (tertiary/aromatic N) is 1. The fraction of sp³-hybridized carbons (Fsp3) is 0.364. The molecule has 0 aliphatic heterocycles. The Kier molecular flexibility index (Phi) is 5.59. The van der Waals surface area contributed by atoms with Gasteiger partial charge in [-0.15, -0.1) is 0 Å². The van der Waals surface area contributed by atoms with Crippen molar-refractivity contribution in [2.75, 3.05) is 13.2 Å². The quantitative estimate of drug-likeness (QED) is 0.539. The van der Waals surface area contributed by atoms with E-state index in [2.05, 4.69) is 15.6 Å². The number of aliphatic hydroxyl groups is 1. The summed E-state index contributed by atoms with van der Waals surface area (Å²) in [5.74, 6) is -1.28. The van der Waals surface area contributed by atoms with E-state index in [4.69, 9.17) is 10.2 Å². The largest absolute Gasteiger partial charge is 0.480 e. The van der Waals surface area contributed by atoms with Crippen LogP contribution in [-0.4, -0.2) is 46.4 Å². The number of aromatic nitrogens is 1. The van der Waals surface area contributed by atoms with E-state index in [0.29, 0.717) is 13.0 Å². The maximum Gasteiger partial charge on any atom is 0.328 e. The molecule has 0 saturated heterocycles. The van der Waals surface area contributed by atoms with Gasteiger partial charge in [0.25, 0.3) is 0 Å². The van der Waals surface area contributed by atoms with Crippen molar-refractivity contribution in [1.82, 2.24) is 15.6 Å². The zero-order valence-electron chi connectivity index (χ0n) is 9.67. The standard InChI is InChI=1S/C11H15N3O4/c15-7-9(10(16)17)14-11(18)13-6-3-8-1-4-12-5-2-8/h1-2,4-5,9,15H,3,6-7H2,(H,16,17)(H2,13,14,18)/t9-/m0/s1. The van der Waals surface area contributed by atoms with Crippen LogP contribution >= 0.6 is 0 Å². The van der Waals surface area contributed by atoms with Crippen molar-refractivity contribution >= 4 is 12.0 Å². The van der Waals surface area contributed by atoms with Crippen LogP contribution < -0.4 is 10.6 Å². The first-order chi connectivity index (χ1) is 8.63. The lowest BCUT2D eigenvalue weighted by molar-refractivity contribution is -0.140. The number of carboxylic acids is 1. The van der Waals surface area contributed by atoms with Gasteiger partial charge in [0.05, 0.1) is 6.61 Å². The molecule has 0 unspecified atom stereocenters. The van der Waals surface area contributed by atoms with E-state index >= 15 is 0 Å². The highest BCUT2D eigenvalue weighted by Gasteiger charge is 2.17. The van der Waals surface area contributed by atoms with Crippen LogP contribution in [0.3, 0.4) is 0 Å². The second-order valence-corrected chi connectivity index (χ2v) is 3.58. The van der Waals surface area contributed by atoms with Crippen molar-refractivity contribution in [1.29, 1.82) is 0 Å². The summed E-state index contributed by atoms with van der Waals surface area (Å²) in [5, 5.41) is 22.0. The molecule has 0 radical (unpaired) electrons. The summed E-state index contributed by atoms with van der Waals surface area (Å²) in [6, 6.07) is 1.75. The van der Waals surface area contributed by atoms with Crippen LogP contribution in [0.2, 0.25) is 0 Å². The van der Waals surface area contributed by atoms with Crippen molar-refractivity contribution in [2.45, 2.75) is 12.5 Å². The van der Waals surface area contributed by atoms with Gasteiger partial charge in [-0.05, 0) is 24.1 Å². The van der Waals surface area contributed by atoms with Crippen LogP contribution in [0, 0.1) is 0 Å². The molecule has 0 bridgehead atoms. The van der Waals surface area contributed by atoms with E-state index < -0.39 is 24.6 Å². The molecule has 0 aliphatic carbocycles. The van der Waals surface area contributed by atoms with Crippen LogP contribution in [0.4, 0.5) is 4.79 Å². The molecular formula is C11H15N3O4. The summed E-state index contributed by atoms with van der Waals surface area (Å²) in [4.78, 5) is 25.7. The number of carbonyl (C=O) groups is 2. The average molecular weight is 253 g/mol. The highest BCUT2D eigenvalue weighted by Crippen LogP contribution is 1.95. The Hall–Kier alpha value is -2.15. The van der Waals surface area contributed by atoms with Crippen molar-refractivity contribution in [2.24, 2.45) is 0 Å². The number of hydrogen-bond acceptors (Lipinski definition) is 4. The molecule has 0 aromatic carbocycles. The molecule has 98 valence electrons. The number of pyridine rings is 1. The number of amides is 2. The predicted molar refractivity (Wildman–Crippen MR) is 63.0 cm³/mol. The molecular weight excluding hydrogens is 238 g/mol. The molecule has 0 aliphatic rings. The average Bonchev–Trinajstić information content (AvgIpc) is 2.37. The van der Waals surface area contributed by atoms with E-state index in [1.807, 2.05) is 12.1 Å². The molecule has 7 nitrogen and oxygen atoms in total. The summed E-state index contributed by atoms with van der Waals surface area (Å²) in [5.41, 5.74) is 1.02. The van der Waals surface area contributed by atoms with Crippen molar-refractivity contribution < 1.29 is 19.8 Å². The molecule has 1 rings (SSSR count). The first-order valence-electron chi connectivity index (χ1n) is 5.40. The summed E-state index contributed by atoms with van der Waals surface area (Å²) in [6.07, 6.45) is 3.93. The SMILES string of the molecule is O=C(NCCc1ccncc1)N[C@@H](CO)C(=O)O. The fourth-order valence-corrected chi connectivity index (χ4v) is 1.26. The third-order valence-corrected chi connectivity index (χ3v) is 2.23. The predicted octanol–water partition coefficient (Wildman–Crippen LogP) is -0.631. The highest BCUT2D eigenvalue weighted by molar-refractivity contribution is 5.82. The third kappa shape index (κ3) is 4.79. The molecule has 0 fully saturated rings. The summed E-state index contributed by atoms with van der Waals surface area (Å²) >= 11 is 0. The van der Waals surface area contributed by atoms with Gasteiger partial charge in [0.15, 0.2) is 6.04 Å². The van der Waals surface area contributed by atoms with Gasteiger partial charge >= 0.3 is 12.0 Å². The number of urea groups is 1. The van der Waals surface area contributed by atoms with Crippen LogP contribution in [0.1, 0.15) is 5.56 Å². The molecule has 1 aromatic rings. The number of carbonyl (C=O) groups excluding carboxylic acids is 1. The Balaban J connectivity index is 2.27. The van der Waals surface area contributed by atoms with Gasteiger partial charge in [0.2, 0.25) is 0 Å². The van der Waals surface area contributed by atoms with Crippen LogP contribution in [0.15, 0.2) is 24.5 Å². The van der Waals surface area contributed by atoms with E-state index in [1.54, 1.807) is 12.4 Å². The number of nitrogens with one attached hydrogen (secondary N) is 2. The van der Waals surface area contributed by atoms with Gasteiger partial charge in [-0.25, -0.2) is 9.59 Å². The summed E-state index contributed by atoms with van der Waals surface area (Å²) < 4.78 is 0. The Labute approximate surface area is 104 Å². The number of carboxylic acid groups (broad SMARTS) is 1. The molecule has 0 saturated carbocycles. The van der Waals surface area contributed by atoms with Gasteiger partial charge in [-0.1, -0.05) is 0 Å². The Morgan fingerprint density at radius 1 is 1.33 bits per heavy atom. The summed E-state index contributed by atoms with van der Waals surface area (Å²) in [6.45, 7) is -0.277. The molecule has 1 atom stereocenters. The molecule has 1 heterocycles. The van der Waals surface area contributed by atoms with E-state index in [-0.39, 0.29) is 0 Å². The van der Waals surface area contributed by atoms with Crippen LogP contribution in [0.5, 0.6) is 0 Å². The zero-order chi connectivity index (χ0) is 13.4. The van der Waals surface area contributed by atoms with Crippen molar-refractivity contribution in [3.05, 3.63) is 30.1 Å². The smallest absolute Gasteiger partial charge is 0.328 e. The van der Waals surface area contributed by atoms with Gasteiger partial charge in [-0.2, -0.15) is 0 Å². The second-order valence-electron chi connectivity index (χ2n) is 3.58. The molecule has 7 heteroatoms. The Morgan fingerprint density at radius 3 is 2.56 bits per heavy atom. The first-order valence-corrected chi connectivity index (χ1v) is 5.40. The van der Waals surface area contributed by atoms with Crippen molar-refractivity contribution in [3.63, 3.8) is 0 Å². The molecule has 2 amide bonds. The number of rotatable bonds is 6. The lowest BCUT2D eigenvalue weighted by Crippen LogP contribution is -2.48. The number of aliphatic hydroxyl groups excluding tert-OH is 1.